The van der Waals surface area contributed by atoms with Crippen LogP contribution in [0, 0.1) is 0 Å². The van der Waals surface area contributed by atoms with E-state index in [1.807, 2.05) is 6.92 Å². The van der Waals surface area contributed by atoms with Crippen molar-refractivity contribution < 1.29 is 13.2 Å². The summed E-state index contributed by atoms with van der Waals surface area (Å²) in [5.41, 5.74) is 6.27. The van der Waals surface area contributed by atoms with Crippen LogP contribution in [0.25, 0.3) is 0 Å². The molecule has 0 amide bonds. The maximum absolute atomic E-state index is 12.4. The first kappa shape index (κ1) is 12.4. The van der Waals surface area contributed by atoms with Crippen LogP contribution in [0.1, 0.15) is 43.2 Å². The lowest BCUT2D eigenvalue weighted by molar-refractivity contribution is -0.137. The van der Waals surface area contributed by atoms with Crippen molar-refractivity contribution in [2.45, 2.75) is 43.8 Å². The van der Waals surface area contributed by atoms with E-state index in [0.717, 1.165) is 37.0 Å². The molecule has 4 heteroatoms. The Bertz CT molecular complexity index is 390. The minimum Gasteiger partial charge on any atom is -0.325 e. The Morgan fingerprint density at radius 2 is 1.76 bits per heavy atom. The average Bonchev–Trinajstić information content (AvgIpc) is 2.95. The fraction of sp³-hybridized carbons (Fsp3) is 0.538. The van der Waals surface area contributed by atoms with Gasteiger partial charge < -0.3 is 5.73 Å². The molecule has 2 rings (SSSR count). The predicted molar refractivity (Wildman–Crippen MR) is 60.6 cm³/mol. The van der Waals surface area contributed by atoms with Gasteiger partial charge in [0.2, 0.25) is 0 Å². The first-order chi connectivity index (χ1) is 7.80. The molecule has 0 bridgehead atoms. The number of benzene rings is 1. The van der Waals surface area contributed by atoms with Gasteiger partial charge in [-0.1, -0.05) is 19.1 Å². The van der Waals surface area contributed by atoms with Crippen molar-refractivity contribution in [1.29, 1.82) is 0 Å². The van der Waals surface area contributed by atoms with E-state index in [1.54, 1.807) is 12.1 Å². The number of hydrogen-bond donors (Lipinski definition) is 1. The molecule has 0 saturated heterocycles. The molecule has 0 radical (unpaired) electrons. The van der Waals surface area contributed by atoms with Gasteiger partial charge in [-0.05, 0) is 42.9 Å². The molecule has 0 heterocycles. The second-order valence-corrected chi connectivity index (χ2v) is 5.09. The molecule has 0 aliphatic heterocycles. The van der Waals surface area contributed by atoms with Gasteiger partial charge in [-0.25, -0.2) is 0 Å². The van der Waals surface area contributed by atoms with Crippen molar-refractivity contribution in [2.75, 3.05) is 0 Å². The molecule has 0 aromatic heterocycles. The van der Waals surface area contributed by atoms with Crippen molar-refractivity contribution in [3.8, 4) is 0 Å². The Morgan fingerprint density at radius 3 is 2.18 bits per heavy atom. The zero-order chi connectivity index (χ0) is 12.7. The molecule has 1 aromatic carbocycles. The minimum atomic E-state index is -4.26. The van der Waals surface area contributed by atoms with Gasteiger partial charge in [0.25, 0.3) is 0 Å². The molecule has 17 heavy (non-hydrogen) atoms. The van der Waals surface area contributed by atoms with Crippen LogP contribution in [0.3, 0.4) is 0 Å². The van der Waals surface area contributed by atoms with E-state index in [4.69, 9.17) is 5.73 Å². The van der Waals surface area contributed by atoms with Crippen molar-refractivity contribution in [1.82, 2.24) is 0 Å². The fourth-order valence-electron chi connectivity index (χ4n) is 2.09. The van der Waals surface area contributed by atoms with Gasteiger partial charge >= 0.3 is 6.18 Å². The summed E-state index contributed by atoms with van der Waals surface area (Å²) >= 11 is 0. The molecule has 1 nitrogen and oxygen atoms in total. The van der Waals surface area contributed by atoms with Crippen LogP contribution in [-0.4, -0.2) is 5.54 Å². The third kappa shape index (κ3) is 3.00. The Morgan fingerprint density at radius 1 is 1.24 bits per heavy atom. The lowest BCUT2D eigenvalue weighted by Gasteiger charge is -2.17. The Balaban J connectivity index is 2.07. The third-order valence-corrected chi connectivity index (χ3v) is 3.41. The first-order valence-electron chi connectivity index (χ1n) is 5.76. The number of hydrogen-bond acceptors (Lipinski definition) is 1. The lowest BCUT2D eigenvalue weighted by atomic mass is 9.92. The normalized spacial score (nSPS) is 20.1. The van der Waals surface area contributed by atoms with Gasteiger partial charge in [0.1, 0.15) is 0 Å². The highest BCUT2D eigenvalue weighted by Gasteiger charge is 2.39. The molecule has 2 N–H and O–H groups in total. The topological polar surface area (TPSA) is 26.0 Å². The van der Waals surface area contributed by atoms with Crippen molar-refractivity contribution >= 4 is 0 Å². The quantitative estimate of drug-likeness (QED) is 0.860. The number of rotatable bonds is 3. The maximum atomic E-state index is 12.4. The summed E-state index contributed by atoms with van der Waals surface area (Å²) in [4.78, 5) is 0. The number of halogens is 3. The van der Waals surface area contributed by atoms with Gasteiger partial charge in [-0.15, -0.1) is 0 Å². The third-order valence-electron chi connectivity index (χ3n) is 3.41. The summed E-state index contributed by atoms with van der Waals surface area (Å²) < 4.78 is 37.1. The summed E-state index contributed by atoms with van der Waals surface area (Å²) in [5, 5.41) is 0. The predicted octanol–water partition coefficient (Wildman–Crippen LogP) is 3.69. The van der Waals surface area contributed by atoms with Gasteiger partial charge in [-0.2, -0.15) is 13.2 Å². The van der Waals surface area contributed by atoms with Crippen LogP contribution in [-0.2, 0) is 6.18 Å². The maximum Gasteiger partial charge on any atom is 0.416 e. The highest BCUT2D eigenvalue weighted by Crippen LogP contribution is 2.41. The van der Waals surface area contributed by atoms with Gasteiger partial charge in [0, 0.05) is 5.54 Å². The van der Waals surface area contributed by atoms with Gasteiger partial charge in [0.05, 0.1) is 5.56 Å². The van der Waals surface area contributed by atoms with Crippen molar-refractivity contribution in [3.05, 3.63) is 35.4 Å². The zero-order valence-corrected chi connectivity index (χ0v) is 9.72. The van der Waals surface area contributed by atoms with E-state index in [-0.39, 0.29) is 11.5 Å². The SMILES string of the molecule is CC(CC1(N)CC1)c1ccc(C(F)(F)F)cc1. The fourth-order valence-corrected chi connectivity index (χ4v) is 2.09. The van der Waals surface area contributed by atoms with Crippen LogP contribution in [0.15, 0.2) is 24.3 Å². The van der Waals surface area contributed by atoms with Crippen LogP contribution in [0.5, 0.6) is 0 Å². The molecule has 1 aliphatic carbocycles. The van der Waals surface area contributed by atoms with Gasteiger partial charge in [-0.3, -0.25) is 0 Å². The summed E-state index contributed by atoms with van der Waals surface area (Å²) in [5.74, 6) is 0.213. The first-order valence-corrected chi connectivity index (χ1v) is 5.76. The summed E-state index contributed by atoms with van der Waals surface area (Å²) in [6.45, 7) is 2.01. The van der Waals surface area contributed by atoms with E-state index in [1.165, 1.54) is 0 Å². The van der Waals surface area contributed by atoms with E-state index in [9.17, 15) is 13.2 Å². The second kappa shape index (κ2) is 4.02. The molecule has 1 saturated carbocycles. The van der Waals surface area contributed by atoms with Crippen LogP contribution in [0.4, 0.5) is 13.2 Å². The zero-order valence-electron chi connectivity index (χ0n) is 9.72. The standard InChI is InChI=1S/C13H16F3N/c1-9(8-12(17)6-7-12)10-2-4-11(5-3-10)13(14,15)16/h2-5,9H,6-8,17H2,1H3. The molecule has 1 fully saturated rings. The number of nitrogens with two attached hydrogens (primary N) is 1. The summed E-state index contributed by atoms with van der Waals surface area (Å²) in [7, 11) is 0. The monoisotopic (exact) mass is 243 g/mol. The average molecular weight is 243 g/mol. The molecule has 94 valence electrons. The highest BCUT2D eigenvalue weighted by molar-refractivity contribution is 5.27. The smallest absolute Gasteiger partial charge is 0.325 e. The Hall–Kier alpha value is -1.03. The minimum absolute atomic E-state index is 0.0673. The lowest BCUT2D eigenvalue weighted by Crippen LogP contribution is -2.23. The summed E-state index contributed by atoms with van der Waals surface area (Å²) in [6, 6.07) is 5.39. The molecule has 1 aliphatic rings. The molecular weight excluding hydrogens is 227 g/mol. The van der Waals surface area contributed by atoms with E-state index >= 15 is 0 Å². The number of alkyl halides is 3. The van der Waals surface area contributed by atoms with Crippen LogP contribution >= 0.6 is 0 Å². The van der Waals surface area contributed by atoms with Crippen molar-refractivity contribution in [3.63, 3.8) is 0 Å². The summed E-state index contributed by atoms with van der Waals surface area (Å²) in [6.07, 6.45) is -1.36. The van der Waals surface area contributed by atoms with Crippen LogP contribution < -0.4 is 5.73 Å². The molecule has 1 atom stereocenters. The Kier molecular flexibility index (Phi) is 2.94. The molecular formula is C13H16F3N. The van der Waals surface area contributed by atoms with E-state index in [2.05, 4.69) is 0 Å². The van der Waals surface area contributed by atoms with E-state index in [0.29, 0.717) is 0 Å². The molecule has 1 aromatic rings. The second-order valence-electron chi connectivity index (χ2n) is 5.09. The molecule has 0 spiro atoms. The van der Waals surface area contributed by atoms with Crippen molar-refractivity contribution in [2.24, 2.45) is 5.73 Å². The largest absolute Gasteiger partial charge is 0.416 e. The van der Waals surface area contributed by atoms with Crippen LogP contribution in [0.2, 0.25) is 0 Å². The van der Waals surface area contributed by atoms with E-state index < -0.39 is 11.7 Å². The Labute approximate surface area is 98.8 Å². The molecule has 1 unspecified atom stereocenters. The highest BCUT2D eigenvalue weighted by atomic mass is 19.4. The van der Waals surface area contributed by atoms with Gasteiger partial charge in [0.15, 0.2) is 0 Å².